The number of hydrogen-bond acceptors (Lipinski definition) is 4. The summed E-state index contributed by atoms with van der Waals surface area (Å²) in [5, 5.41) is 0. The third-order valence-corrected chi connectivity index (χ3v) is 5.70. The van der Waals surface area contributed by atoms with Gasteiger partial charge in [0.05, 0.1) is 12.7 Å². The van der Waals surface area contributed by atoms with Gasteiger partial charge in [-0.25, -0.2) is 4.57 Å². The van der Waals surface area contributed by atoms with E-state index in [2.05, 4.69) is 13.8 Å². The number of phosphoric ester groups is 1. The molecular weight excluding hydrogens is 323 g/mol. The van der Waals surface area contributed by atoms with Crippen molar-refractivity contribution in [3.63, 3.8) is 0 Å². The van der Waals surface area contributed by atoms with Gasteiger partial charge in [0.1, 0.15) is 5.75 Å². The minimum absolute atomic E-state index is 0.185. The van der Waals surface area contributed by atoms with E-state index in [-0.39, 0.29) is 6.10 Å². The van der Waals surface area contributed by atoms with Gasteiger partial charge in [-0.05, 0) is 44.2 Å². The zero-order chi connectivity index (χ0) is 18.0. The Hall–Kier alpha value is -0.830. The van der Waals surface area contributed by atoms with Crippen molar-refractivity contribution in [2.45, 2.75) is 72.8 Å². The van der Waals surface area contributed by atoms with E-state index in [9.17, 15) is 4.57 Å². The van der Waals surface area contributed by atoms with Crippen molar-refractivity contribution in [2.24, 2.45) is 5.92 Å². The summed E-state index contributed by atoms with van der Waals surface area (Å²) in [6, 6.07) is 7.48. The lowest BCUT2D eigenvalue weighted by molar-refractivity contribution is 0.101. The van der Waals surface area contributed by atoms with Crippen LogP contribution in [0.2, 0.25) is 0 Å². The largest absolute Gasteiger partial charge is 0.530 e. The molecule has 1 aromatic rings. The van der Waals surface area contributed by atoms with Gasteiger partial charge >= 0.3 is 7.82 Å². The maximum Gasteiger partial charge on any atom is 0.530 e. The maximum absolute atomic E-state index is 13.1. The Morgan fingerprint density at radius 3 is 2.42 bits per heavy atom. The average Bonchev–Trinajstić information content (AvgIpc) is 2.57. The molecule has 1 aromatic carbocycles. The monoisotopic (exact) mass is 356 g/mol. The molecule has 0 bridgehead atoms. The highest BCUT2D eigenvalue weighted by molar-refractivity contribution is 7.49. The number of phosphoric acid groups is 1. The Morgan fingerprint density at radius 1 is 1.12 bits per heavy atom. The fourth-order valence-corrected chi connectivity index (χ4v) is 3.83. The normalized spacial score (nSPS) is 16.4. The van der Waals surface area contributed by atoms with E-state index < -0.39 is 7.82 Å². The van der Waals surface area contributed by atoms with Crippen LogP contribution in [0, 0.1) is 12.8 Å². The van der Waals surface area contributed by atoms with Gasteiger partial charge in [-0.3, -0.25) is 9.05 Å². The summed E-state index contributed by atoms with van der Waals surface area (Å²) in [7, 11) is -3.64. The summed E-state index contributed by atoms with van der Waals surface area (Å²) >= 11 is 0. The first-order valence-corrected chi connectivity index (χ1v) is 10.6. The molecule has 0 radical (unpaired) electrons. The van der Waals surface area contributed by atoms with Gasteiger partial charge in [-0.15, -0.1) is 0 Å². The van der Waals surface area contributed by atoms with E-state index in [1.807, 2.05) is 39.0 Å². The number of rotatable bonds is 12. The number of hydrogen-bond donors (Lipinski definition) is 0. The first-order chi connectivity index (χ1) is 11.4. The van der Waals surface area contributed by atoms with E-state index in [4.69, 9.17) is 13.6 Å². The molecule has 3 unspecified atom stereocenters. The van der Waals surface area contributed by atoms with Crippen molar-refractivity contribution in [3.05, 3.63) is 29.8 Å². The Labute approximate surface area is 147 Å². The molecule has 0 amide bonds. The van der Waals surface area contributed by atoms with Gasteiger partial charge < -0.3 is 4.52 Å². The minimum Gasteiger partial charge on any atom is -0.404 e. The molecule has 138 valence electrons. The molecule has 0 aliphatic carbocycles. The zero-order valence-corrected chi connectivity index (χ0v) is 16.7. The zero-order valence-electron chi connectivity index (χ0n) is 15.8. The number of aryl methyl sites for hydroxylation is 1. The Morgan fingerprint density at radius 2 is 1.83 bits per heavy atom. The molecule has 0 saturated carbocycles. The molecule has 0 N–H and O–H groups in total. The van der Waals surface area contributed by atoms with Crippen molar-refractivity contribution >= 4 is 7.82 Å². The molecule has 0 aliphatic heterocycles. The highest BCUT2D eigenvalue weighted by Gasteiger charge is 2.32. The average molecular weight is 356 g/mol. The Balaban J connectivity index is 2.81. The van der Waals surface area contributed by atoms with Crippen LogP contribution < -0.4 is 4.52 Å². The molecule has 1 rings (SSSR count). The van der Waals surface area contributed by atoms with Crippen LogP contribution >= 0.6 is 7.82 Å². The lowest BCUT2D eigenvalue weighted by Gasteiger charge is -2.24. The summed E-state index contributed by atoms with van der Waals surface area (Å²) in [4.78, 5) is 0. The number of unbranched alkanes of at least 4 members (excludes halogenated alkanes) is 1. The van der Waals surface area contributed by atoms with Crippen LogP contribution in [0.5, 0.6) is 5.75 Å². The standard InChI is InChI=1S/C19H33O4P/c1-6-9-13-18(8-3)15-21-24(20,22-17(5)7-2)23-19-14-11-10-12-16(19)4/h10-12,14,17-18H,6-9,13,15H2,1-5H3. The maximum atomic E-state index is 13.1. The smallest absolute Gasteiger partial charge is 0.404 e. The minimum atomic E-state index is -3.64. The van der Waals surface area contributed by atoms with E-state index in [0.29, 0.717) is 18.3 Å². The van der Waals surface area contributed by atoms with E-state index in [0.717, 1.165) is 37.7 Å². The first-order valence-electron chi connectivity index (χ1n) is 9.12. The van der Waals surface area contributed by atoms with Crippen LogP contribution in [0.1, 0.15) is 65.4 Å². The molecular formula is C19H33O4P. The van der Waals surface area contributed by atoms with Crippen LogP contribution in [-0.4, -0.2) is 12.7 Å². The van der Waals surface area contributed by atoms with Crippen molar-refractivity contribution in [3.8, 4) is 5.75 Å². The molecule has 0 aromatic heterocycles. The van der Waals surface area contributed by atoms with Crippen LogP contribution in [-0.2, 0) is 13.6 Å². The van der Waals surface area contributed by atoms with Crippen LogP contribution in [0.15, 0.2) is 24.3 Å². The third kappa shape index (κ3) is 7.38. The molecule has 5 heteroatoms. The highest BCUT2D eigenvalue weighted by atomic mass is 31.2. The topological polar surface area (TPSA) is 44.8 Å². The summed E-state index contributed by atoms with van der Waals surface area (Å²) in [6.07, 6.45) is 4.93. The third-order valence-electron chi connectivity index (χ3n) is 4.20. The molecule has 0 fully saturated rings. The molecule has 0 spiro atoms. The molecule has 4 nitrogen and oxygen atoms in total. The predicted octanol–water partition coefficient (Wildman–Crippen LogP) is 6.53. The van der Waals surface area contributed by atoms with Gasteiger partial charge in [0.25, 0.3) is 0 Å². The first kappa shape index (κ1) is 21.2. The van der Waals surface area contributed by atoms with Crippen LogP contribution in [0.25, 0.3) is 0 Å². The molecule has 0 saturated heterocycles. The molecule has 0 aliphatic rings. The van der Waals surface area contributed by atoms with Gasteiger partial charge in [-0.2, -0.15) is 0 Å². The summed E-state index contributed by atoms with van der Waals surface area (Å²) in [6.45, 7) is 10.5. The van der Waals surface area contributed by atoms with Crippen LogP contribution in [0.4, 0.5) is 0 Å². The van der Waals surface area contributed by atoms with Crippen molar-refractivity contribution < 1.29 is 18.1 Å². The molecule has 0 heterocycles. The second-order valence-electron chi connectivity index (χ2n) is 6.34. The quantitative estimate of drug-likeness (QED) is 0.399. The SMILES string of the molecule is CCCCC(CC)COP(=O)(Oc1ccccc1C)OC(C)CC. The Bertz CT molecular complexity index is 518. The van der Waals surface area contributed by atoms with Gasteiger partial charge in [0.15, 0.2) is 0 Å². The number of para-hydroxylation sites is 1. The van der Waals surface area contributed by atoms with E-state index >= 15 is 0 Å². The summed E-state index contributed by atoms with van der Waals surface area (Å²) in [5.41, 5.74) is 0.909. The van der Waals surface area contributed by atoms with Gasteiger partial charge in [0.2, 0.25) is 0 Å². The predicted molar refractivity (Wildman–Crippen MR) is 99.5 cm³/mol. The van der Waals surface area contributed by atoms with Crippen molar-refractivity contribution in [1.82, 2.24) is 0 Å². The number of benzene rings is 1. The highest BCUT2D eigenvalue weighted by Crippen LogP contribution is 2.52. The molecule has 3 atom stereocenters. The van der Waals surface area contributed by atoms with Crippen molar-refractivity contribution in [1.29, 1.82) is 0 Å². The fourth-order valence-electron chi connectivity index (χ4n) is 2.25. The van der Waals surface area contributed by atoms with Crippen LogP contribution in [0.3, 0.4) is 0 Å². The lowest BCUT2D eigenvalue weighted by Crippen LogP contribution is -2.14. The molecule has 24 heavy (non-hydrogen) atoms. The summed E-state index contributed by atoms with van der Waals surface area (Å²) < 4.78 is 30.2. The second-order valence-corrected chi connectivity index (χ2v) is 7.89. The second kappa shape index (κ2) is 10.9. The van der Waals surface area contributed by atoms with Crippen molar-refractivity contribution in [2.75, 3.05) is 6.61 Å². The fraction of sp³-hybridized carbons (Fsp3) is 0.684. The lowest BCUT2D eigenvalue weighted by atomic mass is 10.0. The summed E-state index contributed by atoms with van der Waals surface area (Å²) in [5.74, 6) is 0.921. The van der Waals surface area contributed by atoms with E-state index in [1.165, 1.54) is 0 Å². The van der Waals surface area contributed by atoms with Gasteiger partial charge in [0, 0.05) is 0 Å². The Kier molecular flexibility index (Phi) is 9.65. The van der Waals surface area contributed by atoms with E-state index in [1.54, 1.807) is 6.07 Å². The van der Waals surface area contributed by atoms with Gasteiger partial charge in [-0.1, -0.05) is 58.2 Å².